The zero-order chi connectivity index (χ0) is 16.9. The van der Waals surface area contributed by atoms with Gasteiger partial charge in [-0.2, -0.15) is 0 Å². The second-order valence-corrected chi connectivity index (χ2v) is 6.14. The monoisotopic (exact) mass is 344 g/mol. The quantitative estimate of drug-likeness (QED) is 0.684. The van der Waals surface area contributed by atoms with Gasteiger partial charge in [0.15, 0.2) is 0 Å². The molecule has 0 amide bonds. The van der Waals surface area contributed by atoms with Crippen molar-refractivity contribution < 1.29 is 9.13 Å². The van der Waals surface area contributed by atoms with Gasteiger partial charge >= 0.3 is 0 Å². The van der Waals surface area contributed by atoms with Gasteiger partial charge < -0.3 is 9.64 Å². The average molecular weight is 344 g/mol. The molecule has 2 aromatic heterocycles. The Hall–Kier alpha value is -2.54. The maximum atomic E-state index is 12.9. The van der Waals surface area contributed by atoms with Crippen LogP contribution in [0.15, 0.2) is 42.0 Å². The molecular formula is C17H17FN4OS. The van der Waals surface area contributed by atoms with Crippen LogP contribution >= 0.6 is 11.3 Å². The van der Waals surface area contributed by atoms with E-state index >= 15 is 0 Å². The van der Waals surface area contributed by atoms with Gasteiger partial charge in [0, 0.05) is 18.1 Å². The highest BCUT2D eigenvalue weighted by atomic mass is 32.1. The maximum absolute atomic E-state index is 12.9. The Labute approximate surface area is 143 Å². The predicted molar refractivity (Wildman–Crippen MR) is 93.0 cm³/mol. The number of nitrogens with zero attached hydrogens (tertiary/aromatic N) is 4. The molecule has 0 aliphatic heterocycles. The van der Waals surface area contributed by atoms with Crippen LogP contribution in [0.5, 0.6) is 5.75 Å². The summed E-state index contributed by atoms with van der Waals surface area (Å²) in [5.41, 5.74) is 1.74. The third kappa shape index (κ3) is 4.05. The summed E-state index contributed by atoms with van der Waals surface area (Å²) in [6.45, 7) is 3.05. The summed E-state index contributed by atoms with van der Waals surface area (Å²) in [6, 6.07) is 5.98. The van der Waals surface area contributed by atoms with Gasteiger partial charge in [0.1, 0.15) is 34.7 Å². The smallest absolute Gasteiger partial charge is 0.147 e. The molecule has 0 bridgehead atoms. The number of halogens is 1. The lowest BCUT2D eigenvalue weighted by atomic mass is 10.3. The molecule has 0 radical (unpaired) electrons. The fourth-order valence-corrected chi connectivity index (χ4v) is 2.81. The van der Waals surface area contributed by atoms with Crippen LogP contribution < -0.4 is 9.64 Å². The van der Waals surface area contributed by atoms with Crippen molar-refractivity contribution in [3.63, 3.8) is 0 Å². The van der Waals surface area contributed by atoms with Crippen molar-refractivity contribution in [3.8, 4) is 16.5 Å². The molecule has 3 aromatic rings. The van der Waals surface area contributed by atoms with Crippen molar-refractivity contribution in [3.05, 3.63) is 53.6 Å². The van der Waals surface area contributed by atoms with E-state index in [9.17, 15) is 4.39 Å². The second-order valence-electron chi connectivity index (χ2n) is 5.28. The molecule has 0 saturated carbocycles. The first-order chi connectivity index (χ1) is 11.6. The third-order valence-corrected chi connectivity index (χ3v) is 4.34. The first-order valence-electron chi connectivity index (χ1n) is 7.46. The normalized spacial score (nSPS) is 10.6. The second kappa shape index (κ2) is 7.35. The lowest BCUT2D eigenvalue weighted by Gasteiger charge is -2.18. The Balaban J connectivity index is 1.60. The lowest BCUT2D eigenvalue weighted by molar-refractivity contribution is 0.325. The number of aryl methyl sites for hydroxylation is 1. The summed E-state index contributed by atoms with van der Waals surface area (Å²) >= 11 is 1.55. The van der Waals surface area contributed by atoms with E-state index in [2.05, 4.69) is 15.0 Å². The number of hydrogen-bond donors (Lipinski definition) is 0. The van der Waals surface area contributed by atoms with Crippen LogP contribution in [0, 0.1) is 12.7 Å². The molecule has 24 heavy (non-hydrogen) atoms. The van der Waals surface area contributed by atoms with Crippen molar-refractivity contribution in [2.45, 2.75) is 6.92 Å². The van der Waals surface area contributed by atoms with Gasteiger partial charge in [-0.3, -0.25) is 4.98 Å². The van der Waals surface area contributed by atoms with E-state index in [-0.39, 0.29) is 5.82 Å². The van der Waals surface area contributed by atoms with E-state index in [0.29, 0.717) is 18.9 Å². The van der Waals surface area contributed by atoms with Gasteiger partial charge in [0.05, 0.1) is 18.9 Å². The molecule has 5 nitrogen and oxygen atoms in total. The fraction of sp³-hybridized carbons (Fsp3) is 0.235. The number of anilines is 1. The molecule has 7 heteroatoms. The van der Waals surface area contributed by atoms with E-state index < -0.39 is 0 Å². The zero-order valence-electron chi connectivity index (χ0n) is 13.4. The van der Waals surface area contributed by atoms with Crippen LogP contribution in [0.1, 0.15) is 5.69 Å². The Kier molecular flexibility index (Phi) is 5.00. The van der Waals surface area contributed by atoms with E-state index in [1.165, 1.54) is 12.1 Å². The summed E-state index contributed by atoms with van der Waals surface area (Å²) in [5.74, 6) is 1.12. The molecule has 0 aliphatic carbocycles. The topological polar surface area (TPSA) is 51.1 Å². The minimum atomic E-state index is -0.274. The highest BCUT2D eigenvalue weighted by Crippen LogP contribution is 2.22. The fourth-order valence-electron chi connectivity index (χ4n) is 2.06. The molecule has 0 spiro atoms. The summed E-state index contributed by atoms with van der Waals surface area (Å²) in [7, 11) is 1.93. The molecule has 2 heterocycles. The minimum Gasteiger partial charge on any atom is -0.492 e. The molecule has 0 N–H and O–H groups in total. The van der Waals surface area contributed by atoms with Gasteiger partial charge in [0.25, 0.3) is 0 Å². The number of likely N-dealkylation sites (N-methyl/N-ethyl adjacent to an activating group) is 1. The van der Waals surface area contributed by atoms with Crippen molar-refractivity contribution in [2.75, 3.05) is 25.1 Å². The standard InChI is InChI=1S/C17H17FN4OS/c1-12-11-24-17(20-12)15-9-19-10-16(21-15)22(2)7-8-23-14-5-3-13(18)4-6-14/h3-6,9-11H,7-8H2,1-2H3. The number of thiazole rings is 1. The first kappa shape index (κ1) is 16.3. The highest BCUT2D eigenvalue weighted by Gasteiger charge is 2.09. The SMILES string of the molecule is Cc1csc(-c2cncc(N(C)CCOc3ccc(F)cc3)n2)n1. The molecule has 0 atom stereocenters. The number of ether oxygens (including phenoxy) is 1. The molecule has 124 valence electrons. The van der Waals surface area contributed by atoms with Crippen LogP contribution in [0.25, 0.3) is 10.7 Å². The summed E-state index contributed by atoms with van der Waals surface area (Å²) in [4.78, 5) is 15.2. The Morgan fingerprint density at radius 1 is 1.17 bits per heavy atom. The van der Waals surface area contributed by atoms with Crippen LogP contribution in [0.3, 0.4) is 0 Å². The molecule has 0 unspecified atom stereocenters. The molecular weight excluding hydrogens is 327 g/mol. The number of aromatic nitrogens is 3. The maximum Gasteiger partial charge on any atom is 0.147 e. The van der Waals surface area contributed by atoms with Gasteiger partial charge in [-0.15, -0.1) is 11.3 Å². The Morgan fingerprint density at radius 2 is 1.96 bits per heavy atom. The van der Waals surface area contributed by atoms with Crippen molar-refractivity contribution >= 4 is 17.2 Å². The molecule has 0 saturated heterocycles. The zero-order valence-corrected chi connectivity index (χ0v) is 14.3. The van der Waals surface area contributed by atoms with Gasteiger partial charge in [-0.25, -0.2) is 14.4 Å². The van der Waals surface area contributed by atoms with Gasteiger partial charge in [-0.1, -0.05) is 0 Å². The Morgan fingerprint density at radius 3 is 2.67 bits per heavy atom. The molecule has 0 fully saturated rings. The third-order valence-electron chi connectivity index (χ3n) is 3.36. The number of hydrogen-bond acceptors (Lipinski definition) is 6. The molecule has 1 aromatic carbocycles. The van der Waals surface area contributed by atoms with E-state index in [4.69, 9.17) is 4.74 Å². The Bertz CT molecular complexity index is 806. The van der Waals surface area contributed by atoms with Gasteiger partial charge in [0.2, 0.25) is 0 Å². The molecule has 3 rings (SSSR count). The summed E-state index contributed by atoms with van der Waals surface area (Å²) in [5, 5.41) is 2.85. The largest absolute Gasteiger partial charge is 0.492 e. The van der Waals surface area contributed by atoms with Crippen molar-refractivity contribution in [1.29, 1.82) is 0 Å². The van der Waals surface area contributed by atoms with E-state index in [1.807, 2.05) is 24.3 Å². The van der Waals surface area contributed by atoms with E-state index in [0.717, 1.165) is 22.2 Å². The first-order valence-corrected chi connectivity index (χ1v) is 8.34. The minimum absolute atomic E-state index is 0.274. The van der Waals surface area contributed by atoms with Crippen LogP contribution in [0.4, 0.5) is 10.2 Å². The van der Waals surface area contributed by atoms with Crippen LogP contribution in [-0.2, 0) is 0 Å². The van der Waals surface area contributed by atoms with E-state index in [1.54, 1.807) is 35.9 Å². The molecule has 0 aliphatic rings. The summed E-state index contributed by atoms with van der Waals surface area (Å²) in [6.07, 6.45) is 3.42. The van der Waals surface area contributed by atoms with Crippen molar-refractivity contribution in [2.24, 2.45) is 0 Å². The van der Waals surface area contributed by atoms with Crippen LogP contribution in [0.2, 0.25) is 0 Å². The number of rotatable bonds is 6. The van der Waals surface area contributed by atoms with Gasteiger partial charge in [-0.05, 0) is 31.2 Å². The van der Waals surface area contributed by atoms with Crippen molar-refractivity contribution in [1.82, 2.24) is 15.0 Å². The average Bonchev–Trinajstić information content (AvgIpc) is 3.03. The predicted octanol–water partition coefficient (Wildman–Crippen LogP) is 3.56. The lowest BCUT2D eigenvalue weighted by Crippen LogP contribution is -2.24. The van der Waals surface area contributed by atoms with Crippen LogP contribution in [-0.4, -0.2) is 35.2 Å². The highest BCUT2D eigenvalue weighted by molar-refractivity contribution is 7.13. The number of benzene rings is 1. The summed E-state index contributed by atoms with van der Waals surface area (Å²) < 4.78 is 18.5.